The van der Waals surface area contributed by atoms with E-state index < -0.39 is 0 Å². The van der Waals surface area contributed by atoms with Gasteiger partial charge in [0.15, 0.2) is 0 Å². The highest BCUT2D eigenvalue weighted by atomic mass is 32.1. The minimum atomic E-state index is 1.41. The van der Waals surface area contributed by atoms with Crippen LogP contribution in [0.5, 0.6) is 0 Å². The monoisotopic (exact) mass is 132 g/mol. The SMILES string of the molecule is C=C[CH]N(S)C=S. The van der Waals surface area contributed by atoms with Gasteiger partial charge in [0, 0.05) is 0 Å². The lowest BCUT2D eigenvalue weighted by Crippen LogP contribution is -1.99. The van der Waals surface area contributed by atoms with Crippen LogP contribution >= 0.6 is 25.0 Å². The molecular weight excluding hydrogens is 126 g/mol. The molecule has 0 amide bonds. The van der Waals surface area contributed by atoms with Gasteiger partial charge in [-0.05, 0) is 0 Å². The zero-order valence-electron chi connectivity index (χ0n) is 3.74. The molecule has 1 radical (unpaired) electrons. The second-order valence-corrected chi connectivity index (χ2v) is 1.54. The number of thiol groups is 1. The zero-order valence-corrected chi connectivity index (χ0v) is 5.45. The van der Waals surface area contributed by atoms with E-state index in [1.807, 2.05) is 0 Å². The Morgan fingerprint density at radius 2 is 2.29 bits per heavy atom. The van der Waals surface area contributed by atoms with Crippen LogP contribution in [0.2, 0.25) is 0 Å². The number of thiocarbonyl (C=S) groups is 1. The first-order chi connectivity index (χ1) is 3.31. The molecule has 0 saturated carbocycles. The van der Waals surface area contributed by atoms with E-state index in [2.05, 4.69) is 31.6 Å². The van der Waals surface area contributed by atoms with Crippen LogP contribution in [0.4, 0.5) is 0 Å². The molecule has 0 bridgehead atoms. The molecule has 0 aromatic heterocycles. The predicted octanol–water partition coefficient (Wildman–Crippen LogP) is 1.44. The molecular formula is C4H6NS2. The quantitative estimate of drug-likeness (QED) is 0.457. The lowest BCUT2D eigenvalue weighted by atomic mass is 10.6. The standard InChI is InChI=1S/C4H6NS2/c1-2-3-5(7)4-6/h2-4,7H,1H2. The fourth-order valence-electron chi connectivity index (χ4n) is 0.143. The number of rotatable bonds is 3. The van der Waals surface area contributed by atoms with Crippen molar-refractivity contribution in [2.75, 3.05) is 0 Å². The smallest absolute Gasteiger partial charge is 0.0833 e. The van der Waals surface area contributed by atoms with Gasteiger partial charge in [-0.2, -0.15) is 0 Å². The first-order valence-corrected chi connectivity index (χ1v) is 2.57. The van der Waals surface area contributed by atoms with Crippen molar-refractivity contribution in [1.82, 2.24) is 4.31 Å². The van der Waals surface area contributed by atoms with Crippen LogP contribution in [0.25, 0.3) is 0 Å². The van der Waals surface area contributed by atoms with E-state index in [4.69, 9.17) is 0 Å². The van der Waals surface area contributed by atoms with Crippen LogP contribution in [0.15, 0.2) is 12.7 Å². The van der Waals surface area contributed by atoms with E-state index in [1.54, 1.807) is 12.6 Å². The largest absolute Gasteiger partial charge is 0.306 e. The Kier molecular flexibility index (Phi) is 4.14. The van der Waals surface area contributed by atoms with Gasteiger partial charge < -0.3 is 4.31 Å². The second kappa shape index (κ2) is 4.15. The summed E-state index contributed by atoms with van der Waals surface area (Å²) in [5.41, 5.74) is 1.41. The molecule has 3 heteroatoms. The molecule has 0 aliphatic heterocycles. The van der Waals surface area contributed by atoms with Crippen molar-refractivity contribution in [3.63, 3.8) is 0 Å². The summed E-state index contributed by atoms with van der Waals surface area (Å²) in [6, 6.07) is 0. The molecule has 0 aromatic carbocycles. The van der Waals surface area contributed by atoms with Crippen molar-refractivity contribution in [1.29, 1.82) is 0 Å². The van der Waals surface area contributed by atoms with Gasteiger partial charge in [0.2, 0.25) is 0 Å². The molecule has 0 N–H and O–H groups in total. The van der Waals surface area contributed by atoms with E-state index in [-0.39, 0.29) is 0 Å². The maximum absolute atomic E-state index is 4.49. The van der Waals surface area contributed by atoms with Crippen LogP contribution in [-0.2, 0) is 0 Å². The Morgan fingerprint density at radius 3 is 2.43 bits per heavy atom. The Labute approximate surface area is 54.6 Å². The molecule has 0 saturated heterocycles. The Balaban J connectivity index is 3.15. The Morgan fingerprint density at radius 1 is 1.71 bits per heavy atom. The summed E-state index contributed by atoms with van der Waals surface area (Å²) < 4.78 is 1.45. The van der Waals surface area contributed by atoms with Gasteiger partial charge in [-0.25, -0.2) is 0 Å². The number of nitrogens with zero attached hydrogens (tertiary/aromatic N) is 1. The summed E-state index contributed by atoms with van der Waals surface area (Å²) in [6.07, 6.45) is 1.61. The molecule has 0 rings (SSSR count). The van der Waals surface area contributed by atoms with Gasteiger partial charge in [-0.3, -0.25) is 0 Å². The highest BCUT2D eigenvalue weighted by Crippen LogP contribution is 1.91. The van der Waals surface area contributed by atoms with Crippen molar-refractivity contribution in [3.05, 3.63) is 19.2 Å². The summed E-state index contributed by atoms with van der Waals surface area (Å²) in [5, 5.41) is 0. The van der Waals surface area contributed by atoms with Gasteiger partial charge in [0.25, 0.3) is 0 Å². The van der Waals surface area contributed by atoms with Crippen LogP contribution in [-0.4, -0.2) is 9.80 Å². The van der Waals surface area contributed by atoms with Crippen molar-refractivity contribution in [2.45, 2.75) is 0 Å². The Bertz CT molecular complexity index is 72.1. The highest BCUT2D eigenvalue weighted by Gasteiger charge is 1.81. The molecule has 7 heavy (non-hydrogen) atoms. The number of hydrogen-bond donors (Lipinski definition) is 1. The third-order valence-electron chi connectivity index (χ3n) is 0.366. The van der Waals surface area contributed by atoms with E-state index in [9.17, 15) is 0 Å². The minimum Gasteiger partial charge on any atom is -0.306 e. The number of hydrogen-bond acceptors (Lipinski definition) is 2. The van der Waals surface area contributed by atoms with Crippen molar-refractivity contribution in [2.24, 2.45) is 0 Å². The topological polar surface area (TPSA) is 3.24 Å². The molecule has 0 heterocycles. The van der Waals surface area contributed by atoms with Crippen LogP contribution in [0.3, 0.4) is 0 Å². The minimum absolute atomic E-state index is 1.41. The summed E-state index contributed by atoms with van der Waals surface area (Å²) in [5.74, 6) is 0. The van der Waals surface area contributed by atoms with E-state index in [1.165, 1.54) is 9.80 Å². The first kappa shape index (κ1) is 6.98. The maximum atomic E-state index is 4.49. The summed E-state index contributed by atoms with van der Waals surface area (Å²) in [4.78, 5) is 0. The Hall–Kier alpha value is -0.0200. The average Bonchev–Trinajstić information content (AvgIpc) is 1.68. The van der Waals surface area contributed by atoms with Crippen molar-refractivity contribution < 1.29 is 0 Å². The molecule has 0 aliphatic rings. The summed E-state index contributed by atoms with van der Waals surface area (Å²) in [7, 11) is 0. The summed E-state index contributed by atoms with van der Waals surface area (Å²) >= 11 is 8.34. The molecule has 0 fully saturated rings. The second-order valence-electron chi connectivity index (χ2n) is 0.870. The van der Waals surface area contributed by atoms with E-state index in [0.717, 1.165) is 0 Å². The van der Waals surface area contributed by atoms with Crippen LogP contribution in [0.1, 0.15) is 0 Å². The highest BCUT2D eigenvalue weighted by molar-refractivity contribution is 7.83. The van der Waals surface area contributed by atoms with Crippen LogP contribution < -0.4 is 0 Å². The van der Waals surface area contributed by atoms with Gasteiger partial charge >= 0.3 is 0 Å². The van der Waals surface area contributed by atoms with E-state index >= 15 is 0 Å². The molecule has 0 spiro atoms. The predicted molar refractivity (Wildman–Crippen MR) is 39.0 cm³/mol. The van der Waals surface area contributed by atoms with Crippen molar-refractivity contribution in [3.8, 4) is 0 Å². The molecule has 0 atom stereocenters. The summed E-state index contributed by atoms with van der Waals surface area (Å²) in [6.45, 7) is 5.09. The van der Waals surface area contributed by atoms with Gasteiger partial charge in [0.1, 0.15) is 0 Å². The molecule has 0 aliphatic carbocycles. The lowest BCUT2D eigenvalue weighted by Gasteiger charge is -2.02. The molecule has 0 aromatic rings. The molecule has 0 unspecified atom stereocenters. The third kappa shape index (κ3) is 3.82. The normalized spacial score (nSPS) is 7.57. The van der Waals surface area contributed by atoms with Gasteiger partial charge in [-0.15, -0.1) is 6.58 Å². The molecule has 1 nitrogen and oxygen atoms in total. The average molecular weight is 132 g/mol. The van der Waals surface area contributed by atoms with Gasteiger partial charge in [-0.1, -0.05) is 31.1 Å². The fraction of sp³-hybridized carbons (Fsp3) is 0. The van der Waals surface area contributed by atoms with Crippen LogP contribution in [0, 0.1) is 6.54 Å². The van der Waals surface area contributed by atoms with Gasteiger partial charge in [0.05, 0.1) is 12.0 Å². The first-order valence-electron chi connectivity index (χ1n) is 1.69. The third-order valence-corrected chi connectivity index (χ3v) is 0.998. The maximum Gasteiger partial charge on any atom is 0.0833 e. The fourth-order valence-corrected chi connectivity index (χ4v) is 0.308. The lowest BCUT2D eigenvalue weighted by molar-refractivity contribution is 0.917. The van der Waals surface area contributed by atoms with E-state index in [0.29, 0.717) is 0 Å². The molecule has 39 valence electrons. The zero-order chi connectivity index (χ0) is 5.70. The van der Waals surface area contributed by atoms with Crippen molar-refractivity contribution >= 4 is 30.5 Å².